The first-order valence-electron chi connectivity index (χ1n) is 8.48. The van der Waals surface area contributed by atoms with E-state index in [0.717, 1.165) is 30.6 Å². The Hall–Kier alpha value is -2.96. The van der Waals surface area contributed by atoms with Gasteiger partial charge in [-0.3, -0.25) is 9.48 Å². The average molecular weight is 336 g/mol. The summed E-state index contributed by atoms with van der Waals surface area (Å²) >= 11 is 0. The molecule has 7 nitrogen and oxygen atoms in total. The molecule has 1 amide bonds. The average Bonchev–Trinajstić information content (AvgIpc) is 3.33. The van der Waals surface area contributed by atoms with Crippen LogP contribution in [-0.2, 0) is 0 Å². The highest BCUT2D eigenvalue weighted by molar-refractivity contribution is 5.92. The van der Waals surface area contributed by atoms with Crippen LogP contribution in [0.15, 0.2) is 48.9 Å². The molecule has 0 spiro atoms. The second-order valence-corrected chi connectivity index (χ2v) is 6.39. The Morgan fingerprint density at radius 2 is 2.16 bits per heavy atom. The minimum absolute atomic E-state index is 0.0734. The van der Waals surface area contributed by atoms with Gasteiger partial charge in [-0.05, 0) is 43.5 Å². The number of nitrogens with zero attached hydrogens (tertiary/aromatic N) is 6. The minimum atomic E-state index is -0.0734. The number of amides is 1. The SMILES string of the molecule is Cc1cccc(-n2ncc(C(=O)N3CCC[C@@H](n4cccn4)C3)n2)c1. The molecular formula is C18H20N6O. The van der Waals surface area contributed by atoms with Crippen LogP contribution in [0, 0.1) is 6.92 Å². The smallest absolute Gasteiger partial charge is 0.276 e. The number of carbonyl (C=O) groups is 1. The maximum absolute atomic E-state index is 12.8. The Morgan fingerprint density at radius 3 is 2.96 bits per heavy atom. The van der Waals surface area contributed by atoms with Gasteiger partial charge in [-0.25, -0.2) is 0 Å². The largest absolute Gasteiger partial charge is 0.335 e. The first kappa shape index (κ1) is 15.6. The normalized spacial score (nSPS) is 17.6. The lowest BCUT2D eigenvalue weighted by Gasteiger charge is -2.32. The van der Waals surface area contributed by atoms with Gasteiger partial charge < -0.3 is 4.90 Å². The summed E-state index contributed by atoms with van der Waals surface area (Å²) in [5.74, 6) is -0.0734. The Labute approximate surface area is 145 Å². The molecule has 1 saturated heterocycles. The zero-order valence-corrected chi connectivity index (χ0v) is 14.1. The number of likely N-dealkylation sites (tertiary alicyclic amines) is 1. The topological polar surface area (TPSA) is 68.8 Å². The lowest BCUT2D eigenvalue weighted by atomic mass is 10.1. The fourth-order valence-corrected chi connectivity index (χ4v) is 3.25. The van der Waals surface area contributed by atoms with E-state index in [1.807, 2.05) is 53.0 Å². The predicted octanol–water partition coefficient (Wildman–Crippen LogP) is 2.25. The summed E-state index contributed by atoms with van der Waals surface area (Å²) in [6, 6.07) is 10.0. The van der Waals surface area contributed by atoms with Gasteiger partial charge >= 0.3 is 0 Å². The minimum Gasteiger partial charge on any atom is -0.335 e. The second kappa shape index (κ2) is 6.51. The number of hydrogen-bond acceptors (Lipinski definition) is 4. The molecule has 0 saturated carbocycles. The highest BCUT2D eigenvalue weighted by Gasteiger charge is 2.27. The summed E-state index contributed by atoms with van der Waals surface area (Å²) in [6.07, 6.45) is 7.26. The van der Waals surface area contributed by atoms with Gasteiger partial charge in [-0.2, -0.15) is 15.0 Å². The molecule has 0 aliphatic carbocycles. The molecule has 0 N–H and O–H groups in total. The summed E-state index contributed by atoms with van der Waals surface area (Å²) < 4.78 is 1.93. The van der Waals surface area contributed by atoms with Gasteiger partial charge in [-0.15, -0.1) is 5.10 Å². The molecule has 128 valence electrons. The number of hydrogen-bond donors (Lipinski definition) is 0. The zero-order valence-electron chi connectivity index (χ0n) is 14.1. The molecule has 1 aromatic carbocycles. The van der Waals surface area contributed by atoms with Gasteiger partial charge in [-0.1, -0.05) is 12.1 Å². The van der Waals surface area contributed by atoms with E-state index < -0.39 is 0 Å². The third-order valence-electron chi connectivity index (χ3n) is 4.53. The van der Waals surface area contributed by atoms with Crippen molar-refractivity contribution in [3.63, 3.8) is 0 Å². The van der Waals surface area contributed by atoms with Crippen LogP contribution in [0.2, 0.25) is 0 Å². The summed E-state index contributed by atoms with van der Waals surface area (Å²) in [6.45, 7) is 3.41. The standard InChI is InChI=1S/C18H20N6O/c1-14-5-2-6-15(11-14)24-20-12-17(21-24)18(25)22-9-3-7-16(13-22)23-10-4-8-19-23/h2,4-6,8,10-12,16H,3,7,9,13H2,1H3/t16-/m1/s1. The third-order valence-corrected chi connectivity index (χ3v) is 4.53. The van der Waals surface area contributed by atoms with Gasteiger partial charge in [0.2, 0.25) is 0 Å². The van der Waals surface area contributed by atoms with Crippen LogP contribution in [0.1, 0.15) is 34.9 Å². The Balaban J connectivity index is 1.51. The lowest BCUT2D eigenvalue weighted by molar-refractivity contribution is 0.0666. The highest BCUT2D eigenvalue weighted by atomic mass is 16.2. The first-order valence-corrected chi connectivity index (χ1v) is 8.48. The van der Waals surface area contributed by atoms with Crippen molar-refractivity contribution in [1.29, 1.82) is 0 Å². The van der Waals surface area contributed by atoms with Gasteiger partial charge in [0.05, 0.1) is 17.9 Å². The Morgan fingerprint density at radius 1 is 1.24 bits per heavy atom. The van der Waals surface area contributed by atoms with E-state index >= 15 is 0 Å². The Kier molecular flexibility index (Phi) is 4.05. The van der Waals surface area contributed by atoms with Crippen LogP contribution in [0.3, 0.4) is 0 Å². The van der Waals surface area contributed by atoms with Crippen molar-refractivity contribution in [1.82, 2.24) is 29.7 Å². The van der Waals surface area contributed by atoms with Gasteiger partial charge in [0.1, 0.15) is 0 Å². The van der Waals surface area contributed by atoms with Crippen LogP contribution < -0.4 is 0 Å². The molecule has 4 rings (SSSR count). The number of aryl methyl sites for hydroxylation is 1. The van der Waals surface area contributed by atoms with Crippen LogP contribution in [0.5, 0.6) is 0 Å². The molecule has 3 aromatic rings. The number of piperidine rings is 1. The zero-order chi connectivity index (χ0) is 17.2. The molecule has 25 heavy (non-hydrogen) atoms. The maximum Gasteiger partial charge on any atom is 0.276 e. The van der Waals surface area contributed by atoms with Crippen molar-refractivity contribution in [2.45, 2.75) is 25.8 Å². The highest BCUT2D eigenvalue weighted by Crippen LogP contribution is 2.21. The quantitative estimate of drug-likeness (QED) is 0.736. The van der Waals surface area contributed by atoms with Crippen LogP contribution >= 0.6 is 0 Å². The number of aromatic nitrogens is 5. The van der Waals surface area contributed by atoms with E-state index in [1.54, 1.807) is 12.4 Å². The van der Waals surface area contributed by atoms with Gasteiger partial charge in [0, 0.05) is 25.5 Å². The molecule has 1 aliphatic rings. The van der Waals surface area contributed by atoms with Gasteiger partial charge in [0.25, 0.3) is 5.91 Å². The van der Waals surface area contributed by atoms with E-state index in [-0.39, 0.29) is 11.9 Å². The first-order chi connectivity index (χ1) is 12.2. The van der Waals surface area contributed by atoms with E-state index in [9.17, 15) is 4.79 Å². The Bertz CT molecular complexity index is 869. The summed E-state index contributed by atoms with van der Waals surface area (Å²) in [7, 11) is 0. The van der Waals surface area contributed by atoms with Crippen molar-refractivity contribution in [2.75, 3.05) is 13.1 Å². The summed E-state index contributed by atoms with van der Waals surface area (Å²) in [5, 5.41) is 12.9. The van der Waals surface area contributed by atoms with Crippen LogP contribution in [0.25, 0.3) is 5.69 Å². The molecule has 0 bridgehead atoms. The lowest BCUT2D eigenvalue weighted by Crippen LogP contribution is -2.41. The number of benzene rings is 1. The number of rotatable bonds is 3. The molecule has 3 heterocycles. The van der Waals surface area contributed by atoms with E-state index in [0.29, 0.717) is 12.2 Å². The van der Waals surface area contributed by atoms with Crippen molar-refractivity contribution in [3.8, 4) is 5.69 Å². The number of carbonyl (C=O) groups excluding carboxylic acids is 1. The molecule has 0 unspecified atom stereocenters. The van der Waals surface area contributed by atoms with Crippen molar-refractivity contribution >= 4 is 5.91 Å². The maximum atomic E-state index is 12.8. The van der Waals surface area contributed by atoms with Gasteiger partial charge in [0.15, 0.2) is 5.69 Å². The molecule has 7 heteroatoms. The molecule has 1 aliphatic heterocycles. The van der Waals surface area contributed by atoms with E-state index in [4.69, 9.17) is 0 Å². The fourth-order valence-electron chi connectivity index (χ4n) is 3.25. The molecule has 0 radical (unpaired) electrons. The third kappa shape index (κ3) is 3.17. The van der Waals surface area contributed by atoms with Crippen LogP contribution in [0.4, 0.5) is 0 Å². The molecular weight excluding hydrogens is 316 g/mol. The van der Waals surface area contributed by atoms with Crippen molar-refractivity contribution in [3.05, 3.63) is 60.2 Å². The van der Waals surface area contributed by atoms with E-state index in [2.05, 4.69) is 15.3 Å². The summed E-state index contributed by atoms with van der Waals surface area (Å²) in [5.41, 5.74) is 2.36. The molecule has 1 fully saturated rings. The fraction of sp³-hybridized carbons (Fsp3) is 0.333. The molecule has 2 aromatic heterocycles. The van der Waals surface area contributed by atoms with Crippen LogP contribution in [-0.4, -0.2) is 48.7 Å². The monoisotopic (exact) mass is 336 g/mol. The van der Waals surface area contributed by atoms with Crippen molar-refractivity contribution < 1.29 is 4.79 Å². The molecule has 1 atom stereocenters. The van der Waals surface area contributed by atoms with Crippen molar-refractivity contribution in [2.24, 2.45) is 0 Å². The summed E-state index contributed by atoms with van der Waals surface area (Å²) in [4.78, 5) is 16.2. The second-order valence-electron chi connectivity index (χ2n) is 6.39. The van der Waals surface area contributed by atoms with E-state index in [1.165, 1.54) is 4.80 Å². The predicted molar refractivity (Wildman–Crippen MR) is 92.5 cm³/mol.